The first-order valence-electron chi connectivity index (χ1n) is 6.36. The Morgan fingerprint density at radius 1 is 1.37 bits per heavy atom. The topological polar surface area (TPSA) is 53.6 Å². The Labute approximate surface area is 114 Å². The molecule has 0 heterocycles. The van der Waals surface area contributed by atoms with Gasteiger partial charge in [0.1, 0.15) is 0 Å². The molecule has 5 heteroatoms. The Kier molecular flexibility index (Phi) is 6.15. The number of carbonyl (C=O) groups excluding carboxylic acids is 1. The number of urea groups is 1. The molecule has 0 saturated carbocycles. The number of hydrogen-bond donors (Lipinski definition) is 2. The first-order valence-corrected chi connectivity index (χ1v) is 6.36. The summed E-state index contributed by atoms with van der Waals surface area (Å²) in [7, 11) is 5.63. The van der Waals surface area contributed by atoms with Crippen molar-refractivity contribution in [2.75, 3.05) is 44.6 Å². The van der Waals surface area contributed by atoms with Crippen molar-refractivity contribution in [1.29, 1.82) is 0 Å². The summed E-state index contributed by atoms with van der Waals surface area (Å²) in [6, 6.07) is 5.75. The number of aryl methyl sites for hydroxylation is 1. The molecule has 0 fully saturated rings. The Balaban J connectivity index is 2.50. The fraction of sp³-hybridized carbons (Fsp3) is 0.500. The molecule has 0 atom stereocenters. The number of methoxy groups -OCH3 is 1. The molecule has 0 aliphatic heterocycles. The SMILES string of the molecule is COCCCNC(=O)Nc1ccc(N(C)C)cc1C. The number of carbonyl (C=O) groups is 1. The van der Waals surface area contributed by atoms with Gasteiger partial charge in [-0.3, -0.25) is 0 Å². The van der Waals surface area contributed by atoms with Gasteiger partial charge in [-0.15, -0.1) is 0 Å². The Morgan fingerprint density at radius 2 is 2.11 bits per heavy atom. The Morgan fingerprint density at radius 3 is 2.68 bits per heavy atom. The van der Waals surface area contributed by atoms with Gasteiger partial charge in [-0.1, -0.05) is 0 Å². The highest BCUT2D eigenvalue weighted by Gasteiger charge is 2.05. The quantitative estimate of drug-likeness (QED) is 0.775. The Hall–Kier alpha value is -1.75. The average molecular weight is 265 g/mol. The summed E-state index contributed by atoms with van der Waals surface area (Å²) in [6.07, 6.45) is 0.808. The first kappa shape index (κ1) is 15.3. The molecule has 2 amide bonds. The van der Waals surface area contributed by atoms with Crippen molar-refractivity contribution in [3.8, 4) is 0 Å². The summed E-state index contributed by atoms with van der Waals surface area (Å²) < 4.78 is 4.92. The maximum atomic E-state index is 11.7. The second-order valence-corrected chi connectivity index (χ2v) is 4.62. The third-order valence-electron chi connectivity index (χ3n) is 2.79. The van der Waals surface area contributed by atoms with E-state index in [1.807, 2.05) is 44.1 Å². The Bertz CT molecular complexity index is 419. The van der Waals surface area contributed by atoms with Crippen LogP contribution in [0, 0.1) is 6.92 Å². The molecule has 0 aliphatic rings. The molecule has 2 N–H and O–H groups in total. The van der Waals surface area contributed by atoms with E-state index in [9.17, 15) is 4.79 Å². The number of nitrogens with zero attached hydrogens (tertiary/aromatic N) is 1. The number of benzene rings is 1. The molecule has 19 heavy (non-hydrogen) atoms. The second-order valence-electron chi connectivity index (χ2n) is 4.62. The van der Waals surface area contributed by atoms with Crippen LogP contribution < -0.4 is 15.5 Å². The zero-order valence-corrected chi connectivity index (χ0v) is 12.1. The van der Waals surface area contributed by atoms with Crippen LogP contribution in [0.1, 0.15) is 12.0 Å². The molecule has 0 aromatic heterocycles. The predicted molar refractivity (Wildman–Crippen MR) is 79.0 cm³/mol. The van der Waals surface area contributed by atoms with Gasteiger partial charge in [-0.05, 0) is 37.1 Å². The van der Waals surface area contributed by atoms with Crippen molar-refractivity contribution in [3.63, 3.8) is 0 Å². The third-order valence-corrected chi connectivity index (χ3v) is 2.79. The molecular weight excluding hydrogens is 242 g/mol. The highest BCUT2D eigenvalue weighted by Crippen LogP contribution is 2.21. The molecule has 0 aliphatic carbocycles. The highest BCUT2D eigenvalue weighted by molar-refractivity contribution is 5.90. The van der Waals surface area contributed by atoms with Gasteiger partial charge in [0.05, 0.1) is 0 Å². The first-order chi connectivity index (χ1) is 9.04. The van der Waals surface area contributed by atoms with E-state index in [0.717, 1.165) is 23.4 Å². The number of amides is 2. The monoisotopic (exact) mass is 265 g/mol. The van der Waals surface area contributed by atoms with Gasteiger partial charge in [-0.25, -0.2) is 4.79 Å². The maximum Gasteiger partial charge on any atom is 0.319 e. The predicted octanol–water partition coefficient (Wildman–Crippen LogP) is 2.22. The van der Waals surface area contributed by atoms with Crippen LogP contribution in [0.25, 0.3) is 0 Å². The molecule has 1 rings (SSSR count). The summed E-state index contributed by atoms with van der Waals surface area (Å²) in [5, 5.41) is 5.63. The standard InChI is InChI=1S/C14H23N3O2/c1-11-10-12(17(2)3)6-7-13(11)16-14(18)15-8-5-9-19-4/h6-7,10H,5,8-9H2,1-4H3,(H2,15,16,18). The van der Waals surface area contributed by atoms with Crippen LogP contribution in [0.3, 0.4) is 0 Å². The van der Waals surface area contributed by atoms with E-state index in [-0.39, 0.29) is 6.03 Å². The van der Waals surface area contributed by atoms with Gasteiger partial charge in [0.2, 0.25) is 0 Å². The fourth-order valence-corrected chi connectivity index (χ4v) is 1.65. The van der Waals surface area contributed by atoms with Crippen molar-refractivity contribution < 1.29 is 9.53 Å². The number of hydrogen-bond acceptors (Lipinski definition) is 3. The fourth-order valence-electron chi connectivity index (χ4n) is 1.65. The minimum atomic E-state index is -0.184. The molecule has 0 unspecified atom stereocenters. The lowest BCUT2D eigenvalue weighted by atomic mass is 10.1. The van der Waals surface area contributed by atoms with E-state index in [1.54, 1.807) is 7.11 Å². The second kappa shape index (κ2) is 7.63. The molecule has 0 radical (unpaired) electrons. The molecule has 0 saturated heterocycles. The van der Waals surface area contributed by atoms with Crippen LogP contribution in [0.2, 0.25) is 0 Å². The number of ether oxygens (including phenoxy) is 1. The van der Waals surface area contributed by atoms with Gasteiger partial charge >= 0.3 is 6.03 Å². The number of rotatable bonds is 6. The zero-order chi connectivity index (χ0) is 14.3. The summed E-state index contributed by atoms with van der Waals surface area (Å²) in [5.41, 5.74) is 2.98. The molecule has 5 nitrogen and oxygen atoms in total. The van der Waals surface area contributed by atoms with Crippen molar-refractivity contribution in [2.45, 2.75) is 13.3 Å². The lowest BCUT2D eigenvalue weighted by Crippen LogP contribution is -2.30. The van der Waals surface area contributed by atoms with Crippen LogP contribution >= 0.6 is 0 Å². The van der Waals surface area contributed by atoms with Gasteiger partial charge in [0.15, 0.2) is 0 Å². The smallest absolute Gasteiger partial charge is 0.319 e. The molecule has 0 spiro atoms. The van der Waals surface area contributed by atoms with E-state index < -0.39 is 0 Å². The van der Waals surface area contributed by atoms with Crippen LogP contribution in [-0.4, -0.2) is 40.4 Å². The van der Waals surface area contributed by atoms with E-state index >= 15 is 0 Å². The molecule has 106 valence electrons. The largest absolute Gasteiger partial charge is 0.385 e. The minimum Gasteiger partial charge on any atom is -0.385 e. The van der Waals surface area contributed by atoms with Crippen molar-refractivity contribution in [2.24, 2.45) is 0 Å². The van der Waals surface area contributed by atoms with E-state index in [4.69, 9.17) is 4.74 Å². The molecular formula is C14H23N3O2. The average Bonchev–Trinajstić information content (AvgIpc) is 2.37. The summed E-state index contributed by atoms with van der Waals surface area (Å²) >= 11 is 0. The van der Waals surface area contributed by atoms with Gasteiger partial charge < -0.3 is 20.3 Å². The molecule has 0 bridgehead atoms. The van der Waals surface area contributed by atoms with Gasteiger partial charge in [-0.2, -0.15) is 0 Å². The van der Waals surface area contributed by atoms with Crippen molar-refractivity contribution >= 4 is 17.4 Å². The zero-order valence-electron chi connectivity index (χ0n) is 12.1. The van der Waals surface area contributed by atoms with E-state index in [0.29, 0.717) is 13.2 Å². The molecule has 1 aromatic carbocycles. The van der Waals surface area contributed by atoms with E-state index in [1.165, 1.54) is 0 Å². The van der Waals surface area contributed by atoms with E-state index in [2.05, 4.69) is 10.6 Å². The lowest BCUT2D eigenvalue weighted by Gasteiger charge is -2.15. The number of anilines is 2. The third kappa shape index (κ3) is 5.18. The minimum absolute atomic E-state index is 0.184. The normalized spacial score (nSPS) is 10.1. The van der Waals surface area contributed by atoms with Gasteiger partial charge in [0, 0.05) is 45.7 Å². The van der Waals surface area contributed by atoms with Crippen molar-refractivity contribution in [3.05, 3.63) is 23.8 Å². The van der Waals surface area contributed by atoms with Crippen molar-refractivity contribution in [1.82, 2.24) is 5.32 Å². The highest BCUT2D eigenvalue weighted by atomic mass is 16.5. The summed E-state index contributed by atoms with van der Waals surface area (Å²) in [4.78, 5) is 13.7. The van der Waals surface area contributed by atoms with Crippen LogP contribution in [-0.2, 0) is 4.74 Å². The summed E-state index contributed by atoms with van der Waals surface area (Å²) in [6.45, 7) is 3.23. The van der Waals surface area contributed by atoms with Crippen LogP contribution in [0.5, 0.6) is 0 Å². The van der Waals surface area contributed by atoms with Crippen LogP contribution in [0.4, 0.5) is 16.2 Å². The van der Waals surface area contributed by atoms with Crippen LogP contribution in [0.15, 0.2) is 18.2 Å². The van der Waals surface area contributed by atoms with Gasteiger partial charge in [0.25, 0.3) is 0 Å². The summed E-state index contributed by atoms with van der Waals surface area (Å²) in [5.74, 6) is 0. The maximum absolute atomic E-state index is 11.7. The lowest BCUT2D eigenvalue weighted by molar-refractivity contribution is 0.194. The molecule has 1 aromatic rings. The number of nitrogens with one attached hydrogen (secondary N) is 2.